The van der Waals surface area contributed by atoms with E-state index in [0.29, 0.717) is 16.6 Å². The second-order valence-electron chi connectivity index (χ2n) is 4.95. The molecule has 2 N–H and O–H groups in total. The zero-order chi connectivity index (χ0) is 14.6. The van der Waals surface area contributed by atoms with E-state index >= 15 is 0 Å². The van der Waals surface area contributed by atoms with Crippen LogP contribution in [-0.2, 0) is 12.1 Å². The Labute approximate surface area is 129 Å². The second-order valence-corrected chi connectivity index (χ2v) is 5.79. The van der Waals surface area contributed by atoms with Crippen molar-refractivity contribution >= 4 is 23.2 Å². The molecule has 2 aromatic rings. The van der Waals surface area contributed by atoms with Gasteiger partial charge in [-0.05, 0) is 36.2 Å². The summed E-state index contributed by atoms with van der Waals surface area (Å²) in [5, 5.41) is 14.4. The number of aliphatic hydroxyl groups is 1. The Morgan fingerprint density at radius 2 is 1.80 bits per heavy atom. The molecular formula is C16H17Cl2NO. The Hall–Kier alpha value is -1.06. The van der Waals surface area contributed by atoms with Crippen LogP contribution in [0.5, 0.6) is 0 Å². The molecule has 1 atom stereocenters. The molecule has 2 nitrogen and oxygen atoms in total. The highest BCUT2D eigenvalue weighted by atomic mass is 35.5. The summed E-state index contributed by atoms with van der Waals surface area (Å²) in [5.74, 6) is 0. The SMILES string of the molecule is CC(CO)(NCc1cc(Cl)ccc1Cl)c1ccccc1. The molecule has 1 unspecified atom stereocenters. The Kier molecular flexibility index (Phi) is 5.06. The van der Waals surface area contributed by atoms with Gasteiger partial charge in [0.25, 0.3) is 0 Å². The fourth-order valence-corrected chi connectivity index (χ4v) is 2.40. The van der Waals surface area contributed by atoms with Gasteiger partial charge >= 0.3 is 0 Å². The smallest absolute Gasteiger partial charge is 0.0652 e. The third kappa shape index (κ3) is 3.53. The van der Waals surface area contributed by atoms with Crippen LogP contribution in [0.3, 0.4) is 0 Å². The molecule has 0 aliphatic rings. The van der Waals surface area contributed by atoms with Crippen molar-refractivity contribution in [3.8, 4) is 0 Å². The van der Waals surface area contributed by atoms with Crippen molar-refractivity contribution < 1.29 is 5.11 Å². The molecule has 0 aliphatic carbocycles. The highest BCUT2D eigenvalue weighted by Gasteiger charge is 2.25. The van der Waals surface area contributed by atoms with Gasteiger partial charge in [0.1, 0.15) is 0 Å². The van der Waals surface area contributed by atoms with Gasteiger partial charge in [0.05, 0.1) is 12.1 Å². The molecule has 0 fully saturated rings. The lowest BCUT2D eigenvalue weighted by molar-refractivity contribution is 0.173. The van der Waals surface area contributed by atoms with Crippen molar-refractivity contribution in [2.24, 2.45) is 0 Å². The number of aliphatic hydroxyl groups excluding tert-OH is 1. The van der Waals surface area contributed by atoms with Gasteiger partial charge in [0.15, 0.2) is 0 Å². The van der Waals surface area contributed by atoms with Gasteiger partial charge in [0, 0.05) is 16.6 Å². The van der Waals surface area contributed by atoms with E-state index in [1.54, 1.807) is 12.1 Å². The maximum atomic E-state index is 9.72. The predicted molar refractivity (Wildman–Crippen MR) is 84.2 cm³/mol. The van der Waals surface area contributed by atoms with E-state index < -0.39 is 5.54 Å². The molecule has 0 aliphatic heterocycles. The average Bonchev–Trinajstić information content (AvgIpc) is 2.49. The number of rotatable bonds is 5. The minimum absolute atomic E-state index is 0.00476. The van der Waals surface area contributed by atoms with Crippen molar-refractivity contribution in [1.82, 2.24) is 5.32 Å². The molecule has 2 rings (SSSR count). The second kappa shape index (κ2) is 6.59. The lowest BCUT2D eigenvalue weighted by atomic mass is 9.92. The Morgan fingerprint density at radius 1 is 1.10 bits per heavy atom. The van der Waals surface area contributed by atoms with Crippen molar-refractivity contribution in [2.75, 3.05) is 6.61 Å². The number of hydrogen-bond acceptors (Lipinski definition) is 2. The van der Waals surface area contributed by atoms with Gasteiger partial charge in [-0.25, -0.2) is 0 Å². The van der Waals surface area contributed by atoms with E-state index in [1.807, 2.05) is 43.3 Å². The molecule has 0 amide bonds. The predicted octanol–water partition coefficient (Wildman–Crippen LogP) is 3.99. The van der Waals surface area contributed by atoms with Gasteiger partial charge in [-0.3, -0.25) is 0 Å². The number of hydrogen-bond donors (Lipinski definition) is 2. The van der Waals surface area contributed by atoms with Crippen LogP contribution in [0.25, 0.3) is 0 Å². The highest BCUT2D eigenvalue weighted by molar-refractivity contribution is 6.33. The minimum atomic E-state index is -0.521. The van der Waals surface area contributed by atoms with E-state index in [0.717, 1.165) is 11.1 Å². The third-order valence-corrected chi connectivity index (χ3v) is 4.01. The van der Waals surface area contributed by atoms with Crippen LogP contribution in [0, 0.1) is 0 Å². The molecule has 0 heterocycles. The molecule has 0 aromatic heterocycles. The van der Waals surface area contributed by atoms with E-state index in [9.17, 15) is 5.11 Å². The molecule has 0 saturated carbocycles. The lowest BCUT2D eigenvalue weighted by Gasteiger charge is -2.29. The number of halogens is 2. The monoisotopic (exact) mass is 309 g/mol. The van der Waals surface area contributed by atoms with E-state index in [1.165, 1.54) is 0 Å². The van der Waals surface area contributed by atoms with Gasteiger partial charge in [-0.15, -0.1) is 0 Å². The molecule has 106 valence electrons. The Bertz CT molecular complexity index is 574. The van der Waals surface area contributed by atoms with Gasteiger partial charge in [0.2, 0.25) is 0 Å². The molecule has 4 heteroatoms. The van der Waals surface area contributed by atoms with Crippen molar-refractivity contribution in [3.05, 3.63) is 69.7 Å². The van der Waals surface area contributed by atoms with Crippen LogP contribution >= 0.6 is 23.2 Å². The molecule has 2 aromatic carbocycles. The highest BCUT2D eigenvalue weighted by Crippen LogP contribution is 2.24. The molecule has 0 saturated heterocycles. The Balaban J connectivity index is 2.17. The zero-order valence-corrected chi connectivity index (χ0v) is 12.7. The first kappa shape index (κ1) is 15.3. The molecular weight excluding hydrogens is 293 g/mol. The largest absolute Gasteiger partial charge is 0.394 e. The average molecular weight is 310 g/mol. The van der Waals surface area contributed by atoms with Crippen LogP contribution in [0.4, 0.5) is 0 Å². The maximum Gasteiger partial charge on any atom is 0.0652 e. The molecule has 0 radical (unpaired) electrons. The first-order valence-electron chi connectivity index (χ1n) is 6.40. The summed E-state index contributed by atoms with van der Waals surface area (Å²) in [4.78, 5) is 0. The standard InChI is InChI=1S/C16H17Cl2NO/c1-16(11-20,13-5-3-2-4-6-13)19-10-12-9-14(17)7-8-15(12)18/h2-9,19-20H,10-11H2,1H3. The van der Waals surface area contributed by atoms with Gasteiger partial charge in [-0.1, -0.05) is 53.5 Å². The zero-order valence-electron chi connectivity index (χ0n) is 11.2. The summed E-state index contributed by atoms with van der Waals surface area (Å²) < 4.78 is 0. The maximum absolute atomic E-state index is 9.72. The Morgan fingerprint density at radius 3 is 2.45 bits per heavy atom. The summed E-state index contributed by atoms with van der Waals surface area (Å²) in [6.45, 7) is 2.49. The summed E-state index contributed by atoms with van der Waals surface area (Å²) in [5.41, 5.74) is 1.42. The summed E-state index contributed by atoms with van der Waals surface area (Å²) >= 11 is 12.1. The fourth-order valence-electron chi connectivity index (χ4n) is 2.02. The van der Waals surface area contributed by atoms with Crippen molar-refractivity contribution in [2.45, 2.75) is 19.0 Å². The normalized spacial score (nSPS) is 14.0. The van der Waals surface area contributed by atoms with Crippen LogP contribution in [-0.4, -0.2) is 11.7 Å². The molecule has 20 heavy (non-hydrogen) atoms. The van der Waals surface area contributed by atoms with Crippen molar-refractivity contribution in [3.63, 3.8) is 0 Å². The van der Waals surface area contributed by atoms with Crippen LogP contribution in [0.1, 0.15) is 18.1 Å². The third-order valence-electron chi connectivity index (χ3n) is 3.40. The molecule has 0 bridgehead atoms. The number of benzene rings is 2. The lowest BCUT2D eigenvalue weighted by Crippen LogP contribution is -2.42. The van der Waals surface area contributed by atoms with Gasteiger partial charge in [-0.2, -0.15) is 0 Å². The van der Waals surface area contributed by atoms with E-state index in [-0.39, 0.29) is 6.61 Å². The van der Waals surface area contributed by atoms with Gasteiger partial charge < -0.3 is 10.4 Å². The first-order valence-corrected chi connectivity index (χ1v) is 7.16. The summed E-state index contributed by atoms with van der Waals surface area (Å²) in [6.07, 6.45) is 0. The van der Waals surface area contributed by atoms with Crippen molar-refractivity contribution in [1.29, 1.82) is 0 Å². The summed E-state index contributed by atoms with van der Waals surface area (Å²) in [6, 6.07) is 15.2. The van der Waals surface area contributed by atoms with Crippen LogP contribution < -0.4 is 5.32 Å². The molecule has 0 spiro atoms. The topological polar surface area (TPSA) is 32.3 Å². The quantitative estimate of drug-likeness (QED) is 0.875. The van der Waals surface area contributed by atoms with Crippen LogP contribution in [0.2, 0.25) is 10.0 Å². The van der Waals surface area contributed by atoms with E-state index in [4.69, 9.17) is 23.2 Å². The van der Waals surface area contributed by atoms with Crippen LogP contribution in [0.15, 0.2) is 48.5 Å². The first-order chi connectivity index (χ1) is 9.55. The van der Waals surface area contributed by atoms with E-state index in [2.05, 4.69) is 5.32 Å². The fraction of sp³-hybridized carbons (Fsp3) is 0.250. The number of nitrogens with one attached hydrogen (secondary N) is 1. The minimum Gasteiger partial charge on any atom is -0.394 e. The summed E-state index contributed by atoms with van der Waals surface area (Å²) in [7, 11) is 0.